The molecule has 0 fully saturated rings. The van der Waals surface area contributed by atoms with Gasteiger partial charge in [0.15, 0.2) is 0 Å². The summed E-state index contributed by atoms with van der Waals surface area (Å²) in [5, 5.41) is 4.59. The standard InChI is InChI=1S/C21H25N3O3S/c1-21(2,3)20-19(15-24(22-20)14-16-10-6-5-7-11-16)28(25,26)23-17-12-8-9-13-18(17)27-4/h5-13,15,23H,14H2,1-4H3. The van der Waals surface area contributed by atoms with Gasteiger partial charge < -0.3 is 4.74 Å². The van der Waals surface area contributed by atoms with Crippen molar-refractivity contribution >= 4 is 15.7 Å². The first-order valence-corrected chi connectivity index (χ1v) is 10.5. The molecular formula is C21H25N3O3S. The van der Waals surface area contributed by atoms with Crippen molar-refractivity contribution in [3.63, 3.8) is 0 Å². The summed E-state index contributed by atoms with van der Waals surface area (Å²) in [7, 11) is -2.34. The lowest BCUT2D eigenvalue weighted by atomic mass is 9.92. The first-order valence-electron chi connectivity index (χ1n) is 8.98. The molecule has 6 nitrogen and oxygen atoms in total. The van der Waals surface area contributed by atoms with Gasteiger partial charge in [-0.2, -0.15) is 5.10 Å². The molecule has 0 spiro atoms. The van der Waals surface area contributed by atoms with Gasteiger partial charge >= 0.3 is 0 Å². The maximum absolute atomic E-state index is 13.2. The van der Waals surface area contributed by atoms with Crippen LogP contribution in [0, 0.1) is 0 Å². The Labute approximate surface area is 166 Å². The van der Waals surface area contributed by atoms with E-state index in [1.54, 1.807) is 35.1 Å². The van der Waals surface area contributed by atoms with Crippen LogP contribution in [-0.4, -0.2) is 25.3 Å². The number of nitrogens with one attached hydrogen (secondary N) is 1. The van der Waals surface area contributed by atoms with Crippen LogP contribution in [0.5, 0.6) is 5.75 Å². The van der Waals surface area contributed by atoms with Gasteiger partial charge in [-0.1, -0.05) is 63.2 Å². The molecule has 2 aromatic carbocycles. The molecule has 28 heavy (non-hydrogen) atoms. The topological polar surface area (TPSA) is 73.2 Å². The summed E-state index contributed by atoms with van der Waals surface area (Å²) in [6, 6.07) is 16.7. The van der Waals surface area contributed by atoms with Crippen LogP contribution in [0.1, 0.15) is 32.0 Å². The Morgan fingerprint density at radius 1 is 1.04 bits per heavy atom. The smallest absolute Gasteiger partial charge is 0.265 e. The number of nitrogens with zero attached hydrogens (tertiary/aromatic N) is 2. The number of anilines is 1. The zero-order chi connectivity index (χ0) is 20.4. The lowest BCUT2D eigenvalue weighted by molar-refractivity contribution is 0.417. The van der Waals surface area contributed by atoms with Crippen molar-refractivity contribution in [3.05, 3.63) is 72.1 Å². The van der Waals surface area contributed by atoms with Crippen molar-refractivity contribution in [2.45, 2.75) is 37.6 Å². The Morgan fingerprint density at radius 3 is 2.32 bits per heavy atom. The Balaban J connectivity index is 2.01. The molecule has 3 rings (SSSR count). The van der Waals surface area contributed by atoms with Crippen LogP contribution in [0.3, 0.4) is 0 Å². The molecule has 0 saturated carbocycles. The second-order valence-electron chi connectivity index (χ2n) is 7.58. The van der Waals surface area contributed by atoms with Crippen LogP contribution >= 0.6 is 0 Å². The highest BCUT2D eigenvalue weighted by atomic mass is 32.2. The van der Waals surface area contributed by atoms with Gasteiger partial charge in [-0.15, -0.1) is 0 Å². The molecule has 0 amide bonds. The van der Waals surface area contributed by atoms with E-state index < -0.39 is 15.4 Å². The maximum atomic E-state index is 13.2. The Morgan fingerprint density at radius 2 is 1.68 bits per heavy atom. The highest BCUT2D eigenvalue weighted by Crippen LogP contribution is 2.31. The van der Waals surface area contributed by atoms with Gasteiger partial charge in [0.25, 0.3) is 10.0 Å². The molecule has 0 radical (unpaired) electrons. The zero-order valence-electron chi connectivity index (χ0n) is 16.5. The van der Waals surface area contributed by atoms with E-state index in [0.717, 1.165) is 5.56 Å². The van der Waals surface area contributed by atoms with E-state index in [0.29, 0.717) is 23.7 Å². The van der Waals surface area contributed by atoms with Crippen molar-refractivity contribution in [2.75, 3.05) is 11.8 Å². The van der Waals surface area contributed by atoms with Crippen molar-refractivity contribution in [2.24, 2.45) is 0 Å². The van der Waals surface area contributed by atoms with Gasteiger partial charge in [0.05, 0.1) is 25.0 Å². The zero-order valence-corrected chi connectivity index (χ0v) is 17.3. The number of hydrogen-bond donors (Lipinski definition) is 1. The molecule has 0 aliphatic heterocycles. The number of ether oxygens (including phenoxy) is 1. The van der Waals surface area contributed by atoms with E-state index in [1.165, 1.54) is 7.11 Å². The fourth-order valence-electron chi connectivity index (χ4n) is 2.90. The van der Waals surface area contributed by atoms with E-state index in [1.807, 2.05) is 51.1 Å². The second-order valence-corrected chi connectivity index (χ2v) is 9.23. The average molecular weight is 400 g/mol. The molecule has 1 aromatic heterocycles. The van der Waals surface area contributed by atoms with E-state index >= 15 is 0 Å². The minimum absolute atomic E-state index is 0.168. The molecule has 1 N–H and O–H groups in total. The fraction of sp³-hybridized carbons (Fsp3) is 0.286. The first-order chi connectivity index (χ1) is 13.2. The monoisotopic (exact) mass is 399 g/mol. The van der Waals surface area contributed by atoms with Gasteiger partial charge in [0.1, 0.15) is 10.6 Å². The summed E-state index contributed by atoms with van der Waals surface area (Å²) >= 11 is 0. The lowest BCUT2D eigenvalue weighted by Crippen LogP contribution is -2.20. The molecule has 148 valence electrons. The van der Waals surface area contributed by atoms with Crippen LogP contribution in [0.2, 0.25) is 0 Å². The molecule has 0 aliphatic carbocycles. The highest BCUT2D eigenvalue weighted by Gasteiger charge is 2.30. The van der Waals surface area contributed by atoms with E-state index in [2.05, 4.69) is 9.82 Å². The lowest BCUT2D eigenvalue weighted by Gasteiger charge is -2.18. The van der Waals surface area contributed by atoms with Crippen LogP contribution in [0.25, 0.3) is 0 Å². The Kier molecular flexibility index (Phi) is 5.47. The minimum atomic E-state index is -3.84. The van der Waals surface area contributed by atoms with Crippen LogP contribution in [0.4, 0.5) is 5.69 Å². The van der Waals surface area contributed by atoms with Gasteiger partial charge in [-0.25, -0.2) is 8.42 Å². The number of rotatable bonds is 6. The molecule has 0 atom stereocenters. The summed E-state index contributed by atoms with van der Waals surface area (Å²) in [5.74, 6) is 0.458. The average Bonchev–Trinajstić information content (AvgIpc) is 3.08. The Hall–Kier alpha value is -2.80. The summed E-state index contributed by atoms with van der Waals surface area (Å²) in [4.78, 5) is 0.168. The molecule has 1 heterocycles. The third-order valence-electron chi connectivity index (χ3n) is 4.27. The number of sulfonamides is 1. The number of methoxy groups -OCH3 is 1. The number of aromatic nitrogens is 2. The molecule has 0 aliphatic rings. The SMILES string of the molecule is COc1ccccc1NS(=O)(=O)c1cn(Cc2ccccc2)nc1C(C)(C)C. The Bertz CT molecular complexity index is 1050. The molecular weight excluding hydrogens is 374 g/mol. The predicted octanol–water partition coefficient (Wildman–Crippen LogP) is 4.04. The predicted molar refractivity (Wildman–Crippen MR) is 110 cm³/mol. The van der Waals surface area contributed by atoms with Crippen LogP contribution in [0.15, 0.2) is 65.7 Å². The summed E-state index contributed by atoms with van der Waals surface area (Å²) < 4.78 is 35.9. The molecule has 3 aromatic rings. The van der Waals surface area contributed by atoms with E-state index in [-0.39, 0.29) is 4.90 Å². The normalized spacial score (nSPS) is 12.0. The third-order valence-corrected chi connectivity index (χ3v) is 5.63. The van der Waals surface area contributed by atoms with Crippen LogP contribution in [-0.2, 0) is 22.0 Å². The van der Waals surface area contributed by atoms with E-state index in [4.69, 9.17) is 4.74 Å². The molecule has 0 bridgehead atoms. The van der Waals surface area contributed by atoms with Crippen molar-refractivity contribution in [1.29, 1.82) is 0 Å². The summed E-state index contributed by atoms with van der Waals surface area (Å²) in [6.45, 7) is 6.34. The van der Waals surface area contributed by atoms with Gasteiger partial charge in [-0.05, 0) is 17.7 Å². The number of benzene rings is 2. The van der Waals surface area contributed by atoms with E-state index in [9.17, 15) is 8.42 Å². The van der Waals surface area contributed by atoms with Gasteiger partial charge in [0, 0.05) is 11.6 Å². The maximum Gasteiger partial charge on any atom is 0.265 e. The second kappa shape index (κ2) is 7.67. The minimum Gasteiger partial charge on any atom is -0.495 e. The summed E-state index contributed by atoms with van der Waals surface area (Å²) in [6.07, 6.45) is 1.59. The molecule has 0 saturated heterocycles. The quantitative estimate of drug-likeness (QED) is 0.679. The largest absolute Gasteiger partial charge is 0.495 e. The van der Waals surface area contributed by atoms with Crippen molar-refractivity contribution in [3.8, 4) is 5.75 Å². The first kappa shape index (κ1) is 19.9. The van der Waals surface area contributed by atoms with Gasteiger partial charge in [0.2, 0.25) is 0 Å². The third kappa shape index (κ3) is 4.36. The number of hydrogen-bond acceptors (Lipinski definition) is 4. The fourth-order valence-corrected chi connectivity index (χ4v) is 4.33. The van der Waals surface area contributed by atoms with Crippen molar-refractivity contribution in [1.82, 2.24) is 9.78 Å². The van der Waals surface area contributed by atoms with Crippen LogP contribution < -0.4 is 9.46 Å². The number of para-hydroxylation sites is 2. The van der Waals surface area contributed by atoms with Crippen molar-refractivity contribution < 1.29 is 13.2 Å². The van der Waals surface area contributed by atoms with Gasteiger partial charge in [-0.3, -0.25) is 9.40 Å². The highest BCUT2D eigenvalue weighted by molar-refractivity contribution is 7.92. The summed E-state index contributed by atoms with van der Waals surface area (Å²) in [5.41, 5.74) is 1.52. The molecule has 0 unspecified atom stereocenters. The molecule has 7 heteroatoms.